The number of rotatable bonds is 6. The molecule has 0 fully saturated rings. The molecule has 1 aromatic carbocycles. The fraction of sp³-hybridized carbons (Fsp3) is 0.273. The van der Waals surface area contributed by atoms with E-state index in [0.717, 1.165) is 17.3 Å². The topological polar surface area (TPSA) is 86.6 Å². The Labute approximate surface area is 103 Å². The number of aromatic hydroxyl groups is 1. The molecule has 0 spiro atoms. The van der Waals surface area contributed by atoms with Gasteiger partial charge in [-0.2, -0.15) is 0 Å². The molecule has 0 atom stereocenters. The van der Waals surface area contributed by atoms with Gasteiger partial charge >= 0.3 is 5.97 Å². The molecule has 0 aliphatic carbocycles. The fourth-order valence-corrected chi connectivity index (χ4v) is 1.66. The molecular formula is C11H13NO4S. The van der Waals surface area contributed by atoms with Gasteiger partial charge in [-0.05, 0) is 17.7 Å². The van der Waals surface area contributed by atoms with Crippen molar-refractivity contribution in [3.63, 3.8) is 0 Å². The van der Waals surface area contributed by atoms with Crippen molar-refractivity contribution in [1.29, 1.82) is 0 Å². The van der Waals surface area contributed by atoms with Crippen LogP contribution >= 0.6 is 11.8 Å². The van der Waals surface area contributed by atoms with E-state index in [9.17, 15) is 9.59 Å². The second-order valence-electron chi connectivity index (χ2n) is 3.33. The van der Waals surface area contributed by atoms with Gasteiger partial charge in [-0.1, -0.05) is 12.1 Å². The standard InChI is InChI=1S/C11H13NO4S/c13-9-3-1-8(2-4-9)5-12-10(14)6-17-7-11(15)16/h1-4,13H,5-7H2,(H,12,14)(H,15,16). The van der Waals surface area contributed by atoms with Gasteiger partial charge in [0.2, 0.25) is 5.91 Å². The molecule has 0 aliphatic heterocycles. The van der Waals surface area contributed by atoms with Gasteiger partial charge in [0, 0.05) is 6.54 Å². The number of nitrogens with one attached hydrogen (secondary N) is 1. The van der Waals surface area contributed by atoms with Crippen LogP contribution < -0.4 is 5.32 Å². The van der Waals surface area contributed by atoms with Crippen molar-refractivity contribution in [3.05, 3.63) is 29.8 Å². The Morgan fingerprint density at radius 1 is 1.18 bits per heavy atom. The number of carbonyl (C=O) groups excluding carboxylic acids is 1. The molecule has 1 aromatic rings. The molecule has 17 heavy (non-hydrogen) atoms. The van der Waals surface area contributed by atoms with Crippen molar-refractivity contribution in [1.82, 2.24) is 5.32 Å². The van der Waals surface area contributed by atoms with E-state index >= 15 is 0 Å². The predicted molar refractivity (Wildman–Crippen MR) is 64.9 cm³/mol. The Kier molecular flexibility index (Phi) is 5.35. The summed E-state index contributed by atoms with van der Waals surface area (Å²) in [6.45, 7) is 0.368. The molecule has 0 aromatic heterocycles. The zero-order chi connectivity index (χ0) is 12.7. The number of amides is 1. The Morgan fingerprint density at radius 2 is 1.82 bits per heavy atom. The summed E-state index contributed by atoms with van der Waals surface area (Å²) < 4.78 is 0. The molecule has 3 N–H and O–H groups in total. The second kappa shape index (κ2) is 6.80. The van der Waals surface area contributed by atoms with E-state index in [2.05, 4.69) is 5.32 Å². The quantitative estimate of drug-likeness (QED) is 0.700. The van der Waals surface area contributed by atoms with Crippen LogP contribution in [0.4, 0.5) is 0 Å². The summed E-state index contributed by atoms with van der Waals surface area (Å²) in [6.07, 6.45) is 0. The molecule has 0 saturated carbocycles. The summed E-state index contributed by atoms with van der Waals surface area (Å²) in [7, 11) is 0. The summed E-state index contributed by atoms with van der Waals surface area (Å²) in [6, 6.07) is 6.50. The summed E-state index contributed by atoms with van der Waals surface area (Å²) in [4.78, 5) is 21.5. The molecule has 0 radical (unpaired) electrons. The van der Waals surface area contributed by atoms with Gasteiger partial charge in [0.1, 0.15) is 5.75 Å². The third kappa shape index (κ3) is 5.82. The van der Waals surface area contributed by atoms with E-state index in [4.69, 9.17) is 10.2 Å². The first kappa shape index (κ1) is 13.4. The number of benzene rings is 1. The van der Waals surface area contributed by atoms with Crippen molar-refractivity contribution in [2.45, 2.75) is 6.54 Å². The van der Waals surface area contributed by atoms with Gasteiger partial charge in [0.15, 0.2) is 0 Å². The average molecular weight is 255 g/mol. The van der Waals surface area contributed by atoms with Crippen molar-refractivity contribution >= 4 is 23.6 Å². The van der Waals surface area contributed by atoms with Crippen molar-refractivity contribution in [2.24, 2.45) is 0 Å². The van der Waals surface area contributed by atoms with Crippen LogP contribution in [0.25, 0.3) is 0 Å². The average Bonchev–Trinajstić information content (AvgIpc) is 2.28. The second-order valence-corrected chi connectivity index (χ2v) is 4.32. The summed E-state index contributed by atoms with van der Waals surface area (Å²) in [5.74, 6) is -0.903. The minimum atomic E-state index is -0.929. The number of carbonyl (C=O) groups is 2. The van der Waals surface area contributed by atoms with E-state index in [1.807, 2.05) is 0 Å². The number of carboxylic acid groups (broad SMARTS) is 1. The van der Waals surface area contributed by atoms with E-state index in [1.54, 1.807) is 24.3 Å². The van der Waals surface area contributed by atoms with Crippen molar-refractivity contribution in [3.8, 4) is 5.75 Å². The number of hydrogen-bond acceptors (Lipinski definition) is 4. The van der Waals surface area contributed by atoms with Crippen LogP contribution in [0.5, 0.6) is 5.75 Å². The van der Waals surface area contributed by atoms with E-state index in [-0.39, 0.29) is 23.2 Å². The predicted octanol–water partition coefficient (Wildman–Crippen LogP) is 0.826. The van der Waals surface area contributed by atoms with Crippen molar-refractivity contribution < 1.29 is 19.8 Å². The van der Waals surface area contributed by atoms with Crippen LogP contribution in [-0.4, -0.2) is 33.6 Å². The minimum absolute atomic E-state index is 0.0768. The van der Waals surface area contributed by atoms with Gasteiger partial charge in [-0.25, -0.2) is 0 Å². The number of phenols is 1. The lowest BCUT2D eigenvalue weighted by molar-refractivity contribution is -0.133. The summed E-state index contributed by atoms with van der Waals surface area (Å²) in [5.41, 5.74) is 0.874. The highest BCUT2D eigenvalue weighted by molar-refractivity contribution is 8.00. The van der Waals surface area contributed by atoms with E-state index in [0.29, 0.717) is 6.54 Å². The molecule has 0 bridgehead atoms. The number of carboxylic acids is 1. The largest absolute Gasteiger partial charge is 0.508 e. The highest BCUT2D eigenvalue weighted by atomic mass is 32.2. The Bertz CT molecular complexity index is 391. The minimum Gasteiger partial charge on any atom is -0.508 e. The maximum absolute atomic E-state index is 11.3. The molecule has 1 amide bonds. The Morgan fingerprint density at radius 3 is 2.41 bits per heavy atom. The molecule has 0 unspecified atom stereocenters. The zero-order valence-corrected chi connectivity index (χ0v) is 9.87. The van der Waals surface area contributed by atoms with Crippen LogP contribution in [0.2, 0.25) is 0 Å². The number of aliphatic carboxylic acids is 1. The molecule has 0 saturated heterocycles. The third-order valence-corrected chi connectivity index (χ3v) is 2.80. The van der Waals surface area contributed by atoms with Gasteiger partial charge < -0.3 is 15.5 Å². The van der Waals surface area contributed by atoms with E-state index in [1.165, 1.54) is 0 Å². The van der Waals surface area contributed by atoms with Crippen LogP contribution in [0.1, 0.15) is 5.56 Å². The Balaban J connectivity index is 2.23. The number of thioether (sulfide) groups is 1. The first-order chi connectivity index (χ1) is 8.08. The lowest BCUT2D eigenvalue weighted by atomic mass is 10.2. The lowest BCUT2D eigenvalue weighted by Crippen LogP contribution is -2.25. The molecule has 0 heterocycles. The van der Waals surface area contributed by atoms with Crippen LogP contribution in [0.15, 0.2) is 24.3 Å². The normalized spacial score (nSPS) is 9.88. The highest BCUT2D eigenvalue weighted by Crippen LogP contribution is 2.09. The van der Waals surface area contributed by atoms with Crippen LogP contribution in [-0.2, 0) is 16.1 Å². The molecule has 5 nitrogen and oxygen atoms in total. The molecule has 92 valence electrons. The molecule has 0 aliphatic rings. The maximum Gasteiger partial charge on any atom is 0.313 e. The lowest BCUT2D eigenvalue weighted by Gasteiger charge is -2.04. The van der Waals surface area contributed by atoms with E-state index < -0.39 is 5.97 Å². The fourth-order valence-electron chi connectivity index (χ4n) is 1.10. The smallest absolute Gasteiger partial charge is 0.313 e. The van der Waals surface area contributed by atoms with Gasteiger partial charge in [0.25, 0.3) is 0 Å². The number of phenolic OH excluding ortho intramolecular Hbond substituents is 1. The summed E-state index contributed by atoms with van der Waals surface area (Å²) >= 11 is 1.06. The number of hydrogen-bond donors (Lipinski definition) is 3. The zero-order valence-electron chi connectivity index (χ0n) is 9.05. The maximum atomic E-state index is 11.3. The Hall–Kier alpha value is -1.69. The van der Waals surface area contributed by atoms with Gasteiger partial charge in [-0.15, -0.1) is 11.8 Å². The van der Waals surface area contributed by atoms with Gasteiger partial charge in [-0.3, -0.25) is 9.59 Å². The first-order valence-electron chi connectivity index (χ1n) is 4.92. The van der Waals surface area contributed by atoms with Gasteiger partial charge in [0.05, 0.1) is 11.5 Å². The highest BCUT2D eigenvalue weighted by Gasteiger charge is 2.03. The monoisotopic (exact) mass is 255 g/mol. The van der Waals surface area contributed by atoms with Crippen molar-refractivity contribution in [2.75, 3.05) is 11.5 Å². The first-order valence-corrected chi connectivity index (χ1v) is 6.07. The van der Waals surface area contributed by atoms with Crippen LogP contribution in [0, 0.1) is 0 Å². The molecule has 6 heteroatoms. The third-order valence-electron chi connectivity index (χ3n) is 1.88. The van der Waals surface area contributed by atoms with Crippen LogP contribution in [0.3, 0.4) is 0 Å². The molecular weight excluding hydrogens is 242 g/mol. The summed E-state index contributed by atoms with van der Waals surface area (Å²) in [5, 5.41) is 20.1. The molecule has 1 rings (SSSR count). The SMILES string of the molecule is O=C(O)CSCC(=O)NCc1ccc(O)cc1.